The molecule has 1 fully saturated rings. The van der Waals surface area contributed by atoms with E-state index in [1.54, 1.807) is 17.9 Å². The summed E-state index contributed by atoms with van der Waals surface area (Å²) in [6.07, 6.45) is 5.26. The SMILES string of the molecule is CCOC(=O)CCCCCCN1C(=O)CC[C@@H]1/C=C/[C@@H](O)C(F)(F)c1ccccc1. The van der Waals surface area contributed by atoms with Crippen molar-refractivity contribution >= 4 is 11.9 Å². The Morgan fingerprint density at radius 1 is 1.27 bits per heavy atom. The number of amides is 1. The van der Waals surface area contributed by atoms with Crippen LogP contribution in [0.3, 0.4) is 0 Å². The van der Waals surface area contributed by atoms with Gasteiger partial charge in [-0.2, -0.15) is 8.78 Å². The van der Waals surface area contributed by atoms with Gasteiger partial charge >= 0.3 is 11.9 Å². The van der Waals surface area contributed by atoms with Gasteiger partial charge in [0, 0.05) is 24.9 Å². The van der Waals surface area contributed by atoms with Crippen LogP contribution in [0, 0.1) is 0 Å². The number of carbonyl (C=O) groups is 2. The van der Waals surface area contributed by atoms with E-state index >= 15 is 0 Å². The first-order valence-corrected chi connectivity index (χ1v) is 10.6. The second-order valence-electron chi connectivity index (χ2n) is 7.48. The monoisotopic (exact) mass is 423 g/mol. The summed E-state index contributed by atoms with van der Waals surface area (Å²) in [5, 5.41) is 10.0. The van der Waals surface area contributed by atoms with Gasteiger partial charge in [-0.1, -0.05) is 55.3 Å². The van der Waals surface area contributed by atoms with Crippen molar-refractivity contribution in [3.05, 3.63) is 48.0 Å². The number of hydrogen-bond acceptors (Lipinski definition) is 4. The van der Waals surface area contributed by atoms with E-state index < -0.39 is 12.0 Å². The molecule has 0 spiro atoms. The number of rotatable bonds is 12. The average Bonchev–Trinajstić information content (AvgIpc) is 3.09. The highest BCUT2D eigenvalue weighted by molar-refractivity contribution is 5.79. The number of ether oxygens (including phenoxy) is 1. The number of likely N-dealkylation sites (tertiary alicyclic amines) is 1. The third-order valence-corrected chi connectivity index (χ3v) is 5.26. The van der Waals surface area contributed by atoms with E-state index in [0.29, 0.717) is 32.4 Å². The van der Waals surface area contributed by atoms with Crippen molar-refractivity contribution < 1.29 is 28.2 Å². The zero-order valence-electron chi connectivity index (χ0n) is 17.4. The van der Waals surface area contributed by atoms with Gasteiger partial charge < -0.3 is 14.7 Å². The molecule has 1 aliphatic rings. The van der Waals surface area contributed by atoms with E-state index in [9.17, 15) is 23.5 Å². The molecule has 1 aliphatic heterocycles. The van der Waals surface area contributed by atoms with Crippen LogP contribution >= 0.6 is 0 Å². The number of halogens is 2. The van der Waals surface area contributed by atoms with Gasteiger partial charge in [0.05, 0.1) is 12.6 Å². The van der Waals surface area contributed by atoms with Gasteiger partial charge in [-0.05, 0) is 26.2 Å². The molecule has 0 unspecified atom stereocenters. The summed E-state index contributed by atoms with van der Waals surface area (Å²) < 4.78 is 33.7. The lowest BCUT2D eigenvalue weighted by atomic mass is 10.0. The predicted octanol–water partition coefficient (Wildman–Crippen LogP) is 4.20. The van der Waals surface area contributed by atoms with Crippen molar-refractivity contribution in [2.24, 2.45) is 0 Å². The Morgan fingerprint density at radius 2 is 1.97 bits per heavy atom. The lowest BCUT2D eigenvalue weighted by Crippen LogP contribution is -2.34. The first kappa shape index (κ1) is 24.0. The molecule has 1 heterocycles. The molecule has 1 amide bonds. The van der Waals surface area contributed by atoms with Crippen LogP contribution in [0.5, 0.6) is 0 Å². The van der Waals surface area contributed by atoms with Crippen LogP contribution in [0.15, 0.2) is 42.5 Å². The lowest BCUT2D eigenvalue weighted by molar-refractivity contribution is -0.143. The van der Waals surface area contributed by atoms with Gasteiger partial charge in [-0.25, -0.2) is 0 Å². The van der Waals surface area contributed by atoms with E-state index in [1.165, 1.54) is 30.3 Å². The first-order valence-electron chi connectivity index (χ1n) is 10.6. The van der Waals surface area contributed by atoms with E-state index in [1.807, 2.05) is 0 Å². The number of alkyl halides is 2. The molecule has 1 aromatic rings. The number of unbranched alkanes of at least 4 members (excludes halogenated alkanes) is 3. The number of aliphatic hydroxyl groups excluding tert-OH is 1. The summed E-state index contributed by atoms with van der Waals surface area (Å²) in [6, 6.07) is 6.93. The summed E-state index contributed by atoms with van der Waals surface area (Å²) >= 11 is 0. The molecule has 0 aromatic heterocycles. The van der Waals surface area contributed by atoms with E-state index in [0.717, 1.165) is 31.8 Å². The van der Waals surface area contributed by atoms with E-state index in [4.69, 9.17) is 4.74 Å². The van der Waals surface area contributed by atoms with E-state index in [2.05, 4.69) is 0 Å². The Hall–Kier alpha value is -2.28. The fraction of sp³-hybridized carbons (Fsp3) is 0.565. The standard InChI is InChI=1S/C23H31F2NO4/c1-2-30-22(29)12-8-3-4-9-17-26-19(14-16-21(26)28)13-15-20(27)23(24,25)18-10-6-5-7-11-18/h5-7,10-11,13,15,19-20,27H,2-4,8-9,12,14,16-17H2,1H3/b15-13+/t19-,20+/m0/s1. The van der Waals surface area contributed by atoms with Crippen molar-refractivity contribution in [2.45, 2.75) is 69.9 Å². The minimum atomic E-state index is -3.40. The third-order valence-electron chi connectivity index (χ3n) is 5.26. The Balaban J connectivity index is 1.80. The lowest BCUT2D eigenvalue weighted by Gasteiger charge is -2.24. The molecule has 30 heavy (non-hydrogen) atoms. The fourth-order valence-corrected chi connectivity index (χ4v) is 3.57. The van der Waals surface area contributed by atoms with Crippen LogP contribution in [0.1, 0.15) is 57.4 Å². The molecule has 7 heteroatoms. The van der Waals surface area contributed by atoms with Crippen molar-refractivity contribution in [1.82, 2.24) is 4.90 Å². The summed E-state index contributed by atoms with van der Waals surface area (Å²) in [4.78, 5) is 25.1. The van der Waals surface area contributed by atoms with Crippen LogP contribution < -0.4 is 0 Å². The van der Waals surface area contributed by atoms with Crippen molar-refractivity contribution in [1.29, 1.82) is 0 Å². The van der Waals surface area contributed by atoms with E-state index in [-0.39, 0.29) is 23.5 Å². The number of nitrogens with zero attached hydrogens (tertiary/aromatic N) is 1. The second-order valence-corrected chi connectivity index (χ2v) is 7.48. The molecule has 1 aromatic carbocycles. The molecule has 0 saturated carbocycles. The van der Waals surface area contributed by atoms with Crippen LogP contribution in [-0.4, -0.2) is 47.2 Å². The largest absolute Gasteiger partial charge is 0.466 e. The number of esters is 1. The minimum Gasteiger partial charge on any atom is -0.466 e. The molecule has 0 bridgehead atoms. The summed E-state index contributed by atoms with van der Waals surface area (Å²) in [5.41, 5.74) is -0.246. The van der Waals surface area contributed by atoms with Crippen LogP contribution in [0.25, 0.3) is 0 Å². The topological polar surface area (TPSA) is 66.8 Å². The number of hydrogen-bond donors (Lipinski definition) is 1. The number of benzene rings is 1. The molecule has 0 radical (unpaired) electrons. The average molecular weight is 424 g/mol. The quantitative estimate of drug-likeness (QED) is 0.311. The number of aliphatic hydroxyl groups is 1. The molecule has 2 atom stereocenters. The molecule has 1 N–H and O–H groups in total. The molecule has 5 nitrogen and oxygen atoms in total. The molecule has 2 rings (SSSR count). The predicted molar refractivity (Wildman–Crippen MR) is 110 cm³/mol. The van der Waals surface area contributed by atoms with Crippen LogP contribution in [-0.2, 0) is 20.2 Å². The molecule has 166 valence electrons. The maximum absolute atomic E-state index is 14.4. The Labute approximate surface area is 176 Å². The highest BCUT2D eigenvalue weighted by atomic mass is 19.3. The second kappa shape index (κ2) is 11.8. The molecule has 1 saturated heterocycles. The minimum absolute atomic E-state index is 0.000447. The molecule has 0 aliphatic carbocycles. The van der Waals surface area contributed by atoms with Gasteiger partial charge in [0.15, 0.2) is 0 Å². The van der Waals surface area contributed by atoms with Gasteiger partial charge in [-0.3, -0.25) is 9.59 Å². The maximum atomic E-state index is 14.4. The van der Waals surface area contributed by atoms with Gasteiger partial charge in [0.2, 0.25) is 5.91 Å². The summed E-state index contributed by atoms with van der Waals surface area (Å²) in [5.74, 6) is -3.59. The van der Waals surface area contributed by atoms with Gasteiger partial charge in [0.1, 0.15) is 6.10 Å². The fourth-order valence-electron chi connectivity index (χ4n) is 3.57. The summed E-state index contributed by atoms with van der Waals surface area (Å²) in [7, 11) is 0. The first-order chi connectivity index (χ1) is 14.4. The number of carbonyl (C=O) groups excluding carboxylic acids is 2. The molecular weight excluding hydrogens is 392 g/mol. The van der Waals surface area contributed by atoms with Gasteiger partial charge in [0.25, 0.3) is 0 Å². The highest BCUT2D eigenvalue weighted by Crippen LogP contribution is 2.32. The Kier molecular flexibility index (Phi) is 9.43. The zero-order valence-corrected chi connectivity index (χ0v) is 17.4. The maximum Gasteiger partial charge on any atom is 0.305 e. The highest BCUT2D eigenvalue weighted by Gasteiger charge is 2.39. The third kappa shape index (κ3) is 6.90. The Morgan fingerprint density at radius 3 is 2.67 bits per heavy atom. The smallest absolute Gasteiger partial charge is 0.305 e. The van der Waals surface area contributed by atoms with Crippen LogP contribution in [0.4, 0.5) is 8.78 Å². The zero-order chi connectivity index (χ0) is 22.0. The van der Waals surface area contributed by atoms with Crippen molar-refractivity contribution in [2.75, 3.05) is 13.2 Å². The Bertz CT molecular complexity index is 708. The normalized spacial score (nSPS) is 18.2. The molecular formula is C23H31F2NO4. The van der Waals surface area contributed by atoms with Crippen molar-refractivity contribution in [3.63, 3.8) is 0 Å². The summed E-state index contributed by atoms with van der Waals surface area (Å²) in [6.45, 7) is 2.70. The van der Waals surface area contributed by atoms with Crippen LogP contribution in [0.2, 0.25) is 0 Å². The van der Waals surface area contributed by atoms with Gasteiger partial charge in [-0.15, -0.1) is 0 Å². The van der Waals surface area contributed by atoms with Crippen molar-refractivity contribution in [3.8, 4) is 0 Å².